The third-order valence-electron chi connectivity index (χ3n) is 11.3. The van der Waals surface area contributed by atoms with Crippen LogP contribution in [0.4, 0.5) is 0 Å². The monoisotopic (exact) mass is 529 g/mol. The van der Waals surface area contributed by atoms with Crippen molar-refractivity contribution in [2.45, 2.75) is 85.5 Å². The van der Waals surface area contributed by atoms with Gasteiger partial charge in [0, 0.05) is 17.8 Å². The SMILES string of the molecule is CCOC(=O)[C@]1(C)CCC[C@@]2(C)[C@@H]3CC[C@@]4(C)C[C@]3(CC[C@@H]21)C/C4=N\OC/C=C/c1ccc2nccnc2c1. The average molecular weight is 530 g/mol. The van der Waals surface area contributed by atoms with Gasteiger partial charge in [0.1, 0.15) is 6.61 Å². The van der Waals surface area contributed by atoms with Crippen LogP contribution in [0.2, 0.25) is 0 Å². The first-order valence-corrected chi connectivity index (χ1v) is 15.0. The number of ether oxygens (including phenoxy) is 1. The summed E-state index contributed by atoms with van der Waals surface area (Å²) in [5, 5.41) is 4.78. The summed E-state index contributed by atoms with van der Waals surface area (Å²) in [5.74, 6) is 1.07. The lowest BCUT2D eigenvalue weighted by Crippen LogP contribution is -2.58. The minimum Gasteiger partial charge on any atom is -0.466 e. The van der Waals surface area contributed by atoms with Gasteiger partial charge in [-0.25, -0.2) is 0 Å². The number of benzene rings is 1. The molecule has 1 heterocycles. The summed E-state index contributed by atoms with van der Waals surface area (Å²) in [6.07, 6.45) is 17.8. The molecule has 39 heavy (non-hydrogen) atoms. The Bertz CT molecular complexity index is 1320. The zero-order chi connectivity index (χ0) is 27.3. The number of hydrogen-bond donors (Lipinski definition) is 0. The van der Waals surface area contributed by atoms with Crippen LogP contribution in [0.25, 0.3) is 17.1 Å². The molecule has 0 radical (unpaired) electrons. The topological polar surface area (TPSA) is 73.7 Å². The second-order valence-corrected chi connectivity index (χ2v) is 13.5. The number of carbonyl (C=O) groups excluding carboxylic acids is 1. The lowest BCUT2D eigenvalue weighted by atomic mass is 9.40. The van der Waals surface area contributed by atoms with Crippen molar-refractivity contribution in [2.75, 3.05) is 13.2 Å². The Balaban J connectivity index is 1.16. The predicted molar refractivity (Wildman–Crippen MR) is 154 cm³/mol. The van der Waals surface area contributed by atoms with E-state index in [1.165, 1.54) is 31.4 Å². The molecule has 4 saturated carbocycles. The fraction of sp³-hybridized carbons (Fsp3) is 0.636. The average Bonchev–Trinajstić information content (AvgIpc) is 3.12. The van der Waals surface area contributed by atoms with E-state index in [-0.39, 0.29) is 27.6 Å². The third kappa shape index (κ3) is 4.29. The lowest BCUT2D eigenvalue weighted by Gasteiger charge is -2.64. The van der Waals surface area contributed by atoms with Gasteiger partial charge >= 0.3 is 5.97 Å². The van der Waals surface area contributed by atoms with Gasteiger partial charge in [-0.3, -0.25) is 14.8 Å². The molecule has 2 aromatic rings. The normalized spacial score (nSPS) is 38.5. The number of hydrogen-bond acceptors (Lipinski definition) is 6. The Kier molecular flexibility index (Phi) is 6.59. The van der Waals surface area contributed by atoms with Crippen molar-refractivity contribution in [1.82, 2.24) is 9.97 Å². The Labute approximate surface area is 232 Å². The molecule has 6 rings (SSSR count). The van der Waals surface area contributed by atoms with E-state index in [4.69, 9.17) is 14.7 Å². The van der Waals surface area contributed by atoms with Crippen molar-refractivity contribution in [3.63, 3.8) is 0 Å². The van der Waals surface area contributed by atoms with Crippen molar-refractivity contribution in [3.8, 4) is 0 Å². The highest BCUT2D eigenvalue weighted by Crippen LogP contribution is 2.73. The molecule has 1 aromatic carbocycles. The van der Waals surface area contributed by atoms with Gasteiger partial charge in [-0.1, -0.05) is 37.6 Å². The van der Waals surface area contributed by atoms with Crippen molar-refractivity contribution in [3.05, 3.63) is 42.2 Å². The van der Waals surface area contributed by atoms with Crippen LogP contribution in [0.15, 0.2) is 41.8 Å². The van der Waals surface area contributed by atoms with Gasteiger partial charge < -0.3 is 9.57 Å². The van der Waals surface area contributed by atoms with E-state index >= 15 is 0 Å². The van der Waals surface area contributed by atoms with E-state index in [1.54, 1.807) is 12.4 Å². The smallest absolute Gasteiger partial charge is 0.312 e. The lowest BCUT2D eigenvalue weighted by molar-refractivity contribution is -0.187. The van der Waals surface area contributed by atoms with E-state index in [9.17, 15) is 4.79 Å². The first kappa shape index (κ1) is 26.5. The van der Waals surface area contributed by atoms with Crippen LogP contribution in [0.3, 0.4) is 0 Å². The molecule has 6 heteroatoms. The van der Waals surface area contributed by atoms with Gasteiger partial charge in [-0.05, 0) is 112 Å². The number of rotatable bonds is 6. The molecular formula is C33H43N3O3. The maximum atomic E-state index is 13.2. The molecule has 6 nitrogen and oxygen atoms in total. The summed E-state index contributed by atoms with van der Waals surface area (Å²) in [7, 11) is 0. The minimum absolute atomic E-state index is 0.0317. The molecular weight excluding hydrogens is 486 g/mol. The van der Waals surface area contributed by atoms with Crippen LogP contribution in [0, 0.1) is 33.5 Å². The zero-order valence-electron chi connectivity index (χ0n) is 24.0. The van der Waals surface area contributed by atoms with Crippen LogP contribution < -0.4 is 0 Å². The first-order chi connectivity index (χ1) is 18.7. The molecule has 208 valence electrons. The highest BCUT2D eigenvalue weighted by atomic mass is 16.6. The summed E-state index contributed by atoms with van der Waals surface area (Å²) >= 11 is 0. The van der Waals surface area contributed by atoms with Gasteiger partial charge in [-0.2, -0.15) is 0 Å². The summed E-state index contributed by atoms with van der Waals surface area (Å²) < 4.78 is 5.63. The van der Waals surface area contributed by atoms with E-state index in [1.807, 2.05) is 25.1 Å². The largest absolute Gasteiger partial charge is 0.466 e. The van der Waals surface area contributed by atoms with Gasteiger partial charge in [0.25, 0.3) is 0 Å². The highest BCUT2D eigenvalue weighted by molar-refractivity contribution is 5.93. The maximum absolute atomic E-state index is 13.2. The predicted octanol–water partition coefficient (Wildman–Crippen LogP) is 7.38. The molecule has 4 aliphatic rings. The van der Waals surface area contributed by atoms with Gasteiger partial charge in [0.2, 0.25) is 0 Å². The van der Waals surface area contributed by atoms with Crippen LogP contribution in [0.5, 0.6) is 0 Å². The van der Waals surface area contributed by atoms with Crippen molar-refractivity contribution in [2.24, 2.45) is 38.7 Å². The molecule has 0 aliphatic heterocycles. The fourth-order valence-electron chi connectivity index (χ4n) is 9.64. The Morgan fingerprint density at radius 2 is 1.85 bits per heavy atom. The number of nitrogens with zero attached hydrogens (tertiary/aromatic N) is 3. The number of esters is 1. The fourth-order valence-corrected chi connectivity index (χ4v) is 9.64. The van der Waals surface area contributed by atoms with Crippen LogP contribution >= 0.6 is 0 Å². The maximum Gasteiger partial charge on any atom is 0.312 e. The van der Waals surface area contributed by atoms with E-state index in [0.717, 1.165) is 48.7 Å². The van der Waals surface area contributed by atoms with Gasteiger partial charge in [-0.15, -0.1) is 0 Å². The minimum atomic E-state index is -0.353. The van der Waals surface area contributed by atoms with E-state index in [2.05, 4.69) is 42.9 Å². The van der Waals surface area contributed by atoms with E-state index in [0.29, 0.717) is 25.0 Å². The second kappa shape index (κ2) is 9.71. The molecule has 1 aromatic heterocycles. The Hall–Kier alpha value is -2.76. The number of aromatic nitrogens is 2. The molecule has 0 saturated heterocycles. The molecule has 0 N–H and O–H groups in total. The number of carbonyl (C=O) groups is 1. The first-order valence-electron chi connectivity index (χ1n) is 15.0. The Morgan fingerprint density at radius 3 is 2.67 bits per heavy atom. The van der Waals surface area contributed by atoms with Gasteiger partial charge in [0.05, 0.1) is 28.8 Å². The number of oxime groups is 1. The summed E-state index contributed by atoms with van der Waals surface area (Å²) in [6.45, 7) is 9.96. The third-order valence-corrected chi connectivity index (χ3v) is 11.3. The van der Waals surface area contributed by atoms with Crippen LogP contribution in [-0.2, 0) is 14.4 Å². The van der Waals surface area contributed by atoms with Crippen LogP contribution in [0.1, 0.15) is 91.0 Å². The zero-order valence-corrected chi connectivity index (χ0v) is 24.0. The standard InChI is InChI=1S/C33H43N3O3/c1-5-38-29(37)32(4)14-7-13-31(3)26(32)12-16-33-21-28(30(2,22-33)15-11-27(31)33)36-39-19-6-8-23-9-10-24-25(20-23)35-18-17-34-24/h6,8-10,17-18,20,26-27H,5,7,11-16,19,21-22H2,1-4H3/b8-6+,36-28+/t26-,27-,30-,31+,32+,33-/m0/s1. The molecule has 2 bridgehead atoms. The summed E-state index contributed by atoms with van der Waals surface area (Å²) in [4.78, 5) is 27.8. The molecule has 4 aliphatic carbocycles. The molecule has 0 amide bonds. The van der Waals surface area contributed by atoms with E-state index < -0.39 is 0 Å². The Morgan fingerprint density at radius 1 is 1.05 bits per heavy atom. The van der Waals surface area contributed by atoms with Crippen LogP contribution in [-0.4, -0.2) is 34.9 Å². The second-order valence-electron chi connectivity index (χ2n) is 13.5. The number of fused-ring (bicyclic) bond motifs is 4. The van der Waals surface area contributed by atoms with Crippen molar-refractivity contribution in [1.29, 1.82) is 0 Å². The summed E-state index contributed by atoms with van der Waals surface area (Å²) in [6, 6.07) is 6.09. The molecule has 6 atom stereocenters. The summed E-state index contributed by atoms with van der Waals surface area (Å²) in [5.41, 5.74) is 4.37. The van der Waals surface area contributed by atoms with Crippen molar-refractivity contribution < 1.29 is 14.4 Å². The molecule has 1 spiro atoms. The van der Waals surface area contributed by atoms with Crippen molar-refractivity contribution >= 4 is 28.8 Å². The quantitative estimate of drug-likeness (QED) is 0.222. The molecule has 4 fully saturated rings. The highest BCUT2D eigenvalue weighted by Gasteiger charge is 2.67. The molecule has 0 unspecified atom stereocenters. The van der Waals surface area contributed by atoms with Gasteiger partial charge in [0.15, 0.2) is 0 Å².